The standard InChI is InChI=1S/C29H35ClF4N4O3/c1-27(2)18-11-16(12-19(18)27)37(14-22(35)23-20(30)5-4-6-21(23)31)25(39)17-13-36-38(24(17)29(32,33)34)15-7-9-28(3,10-8-15)26(40)41/h4-6,13,15-16,18-19,22H,7-12,14,35H2,1-3H3,(H,40,41)/t15-,16-,18+,19-,22?,28-. The Morgan fingerprint density at radius 3 is 2.34 bits per heavy atom. The Kier molecular flexibility index (Phi) is 7.46. The molecule has 1 aromatic heterocycles. The molecule has 224 valence electrons. The van der Waals surface area contributed by atoms with E-state index in [2.05, 4.69) is 18.9 Å². The summed E-state index contributed by atoms with van der Waals surface area (Å²) in [4.78, 5) is 27.0. The predicted molar refractivity (Wildman–Crippen MR) is 144 cm³/mol. The first kappa shape index (κ1) is 29.8. The quantitative estimate of drug-likeness (QED) is 0.355. The van der Waals surface area contributed by atoms with Gasteiger partial charge in [0.25, 0.3) is 5.91 Å². The third kappa shape index (κ3) is 5.24. The van der Waals surface area contributed by atoms with Gasteiger partial charge in [0.15, 0.2) is 5.69 Å². The first-order valence-corrected chi connectivity index (χ1v) is 14.3. The summed E-state index contributed by atoms with van der Waals surface area (Å²) < 4.78 is 59.2. The lowest BCUT2D eigenvalue weighted by atomic mass is 9.74. The third-order valence-corrected chi connectivity index (χ3v) is 10.4. The number of aromatic nitrogens is 2. The first-order valence-electron chi connectivity index (χ1n) is 13.9. The van der Waals surface area contributed by atoms with E-state index < -0.39 is 52.6 Å². The zero-order chi connectivity index (χ0) is 30.1. The van der Waals surface area contributed by atoms with Gasteiger partial charge < -0.3 is 15.7 Å². The van der Waals surface area contributed by atoms with Crippen LogP contribution in [0.15, 0.2) is 24.4 Å². The number of carboxylic acids is 1. The molecule has 4 atom stereocenters. The lowest BCUT2D eigenvalue weighted by molar-refractivity contribution is -0.152. The van der Waals surface area contributed by atoms with Crippen LogP contribution in [0.1, 0.15) is 93.0 Å². The predicted octanol–water partition coefficient (Wildman–Crippen LogP) is 6.48. The van der Waals surface area contributed by atoms with Crippen LogP contribution in [0.5, 0.6) is 0 Å². The molecule has 3 aliphatic rings. The maximum atomic E-state index is 14.7. The van der Waals surface area contributed by atoms with Crippen LogP contribution in [-0.2, 0) is 11.0 Å². The maximum absolute atomic E-state index is 14.7. The minimum Gasteiger partial charge on any atom is -0.481 e. The number of rotatable bonds is 7. The summed E-state index contributed by atoms with van der Waals surface area (Å²) in [5.74, 6) is -1.81. The molecular formula is C29H35ClF4N4O3. The monoisotopic (exact) mass is 598 g/mol. The second-order valence-electron chi connectivity index (χ2n) is 12.8. The first-order chi connectivity index (χ1) is 19.1. The van der Waals surface area contributed by atoms with Crippen molar-refractivity contribution in [2.45, 2.75) is 83.6 Å². The topological polar surface area (TPSA) is 101 Å². The van der Waals surface area contributed by atoms with Gasteiger partial charge in [-0.3, -0.25) is 14.3 Å². The second kappa shape index (κ2) is 10.3. The number of halogens is 5. The Bertz CT molecular complexity index is 1320. The summed E-state index contributed by atoms with van der Waals surface area (Å²) in [7, 11) is 0. The van der Waals surface area contributed by atoms with E-state index in [-0.39, 0.29) is 54.3 Å². The van der Waals surface area contributed by atoms with Crippen molar-refractivity contribution in [2.24, 2.45) is 28.4 Å². The van der Waals surface area contributed by atoms with Gasteiger partial charge in [-0.15, -0.1) is 0 Å². The van der Waals surface area contributed by atoms with E-state index in [1.165, 1.54) is 23.1 Å². The molecule has 1 aromatic carbocycles. The lowest BCUT2D eigenvalue weighted by Gasteiger charge is -2.35. The minimum absolute atomic E-state index is 0.00544. The van der Waals surface area contributed by atoms with Gasteiger partial charge in [-0.25, -0.2) is 4.39 Å². The largest absolute Gasteiger partial charge is 0.481 e. The third-order valence-electron chi connectivity index (χ3n) is 10.0. The molecule has 0 radical (unpaired) electrons. The number of carbonyl (C=O) groups is 2. The van der Waals surface area contributed by atoms with E-state index in [1.54, 1.807) is 6.92 Å². The number of aliphatic carboxylic acids is 1. The Morgan fingerprint density at radius 1 is 1.20 bits per heavy atom. The Labute approximate surface area is 241 Å². The number of alkyl halides is 3. The SMILES string of the molecule is CC1(C)[C@@H]2C[C@H](N(CC(N)c3c(F)cccc3Cl)C(=O)c3cnn([C@H]4CC[C@](C)(C(=O)O)CC4)c3C(F)(F)F)C[C@@H]21. The molecule has 0 bridgehead atoms. The molecule has 1 unspecified atom stereocenters. The maximum Gasteiger partial charge on any atom is 0.433 e. The molecule has 0 aliphatic heterocycles. The van der Waals surface area contributed by atoms with Crippen LogP contribution < -0.4 is 5.73 Å². The van der Waals surface area contributed by atoms with Crippen LogP contribution in [0.2, 0.25) is 5.02 Å². The molecule has 3 aliphatic carbocycles. The summed E-state index contributed by atoms with van der Waals surface area (Å²) in [6.07, 6.45) is -1.95. The molecule has 7 nitrogen and oxygen atoms in total. The summed E-state index contributed by atoms with van der Waals surface area (Å²) in [6.45, 7) is 5.65. The van der Waals surface area contributed by atoms with Crippen molar-refractivity contribution in [3.8, 4) is 0 Å². The zero-order valence-electron chi connectivity index (χ0n) is 23.2. The Morgan fingerprint density at radius 2 is 1.80 bits per heavy atom. The van der Waals surface area contributed by atoms with E-state index in [9.17, 15) is 32.3 Å². The van der Waals surface area contributed by atoms with Crippen LogP contribution >= 0.6 is 11.6 Å². The number of benzene rings is 1. The Balaban J connectivity index is 1.47. The molecule has 5 rings (SSSR count). The van der Waals surface area contributed by atoms with Gasteiger partial charge in [-0.2, -0.15) is 18.3 Å². The molecular weight excluding hydrogens is 564 g/mol. The van der Waals surface area contributed by atoms with E-state index in [0.29, 0.717) is 24.7 Å². The summed E-state index contributed by atoms with van der Waals surface area (Å²) in [6, 6.07) is 1.98. The molecule has 1 heterocycles. The van der Waals surface area contributed by atoms with E-state index in [0.717, 1.165) is 10.9 Å². The highest BCUT2D eigenvalue weighted by Crippen LogP contribution is 2.67. The van der Waals surface area contributed by atoms with Gasteiger partial charge in [-0.1, -0.05) is 31.5 Å². The lowest BCUT2D eigenvalue weighted by Crippen LogP contribution is -2.45. The van der Waals surface area contributed by atoms with Gasteiger partial charge in [-0.05, 0) is 74.8 Å². The van der Waals surface area contributed by atoms with Gasteiger partial charge in [0.2, 0.25) is 0 Å². The highest BCUT2D eigenvalue weighted by atomic mass is 35.5. The molecule has 3 saturated carbocycles. The van der Waals surface area contributed by atoms with Crippen LogP contribution in [0.3, 0.4) is 0 Å². The average molecular weight is 599 g/mol. The van der Waals surface area contributed by atoms with Crippen LogP contribution in [0.4, 0.5) is 17.6 Å². The molecule has 3 fully saturated rings. The van der Waals surface area contributed by atoms with E-state index >= 15 is 0 Å². The van der Waals surface area contributed by atoms with Crippen molar-refractivity contribution in [2.75, 3.05) is 6.54 Å². The van der Waals surface area contributed by atoms with E-state index in [4.69, 9.17) is 17.3 Å². The zero-order valence-corrected chi connectivity index (χ0v) is 24.0. The van der Waals surface area contributed by atoms with Crippen molar-refractivity contribution in [1.82, 2.24) is 14.7 Å². The minimum atomic E-state index is -4.89. The van der Waals surface area contributed by atoms with Gasteiger partial charge in [0, 0.05) is 23.2 Å². The number of amides is 1. The number of carboxylic acid groups (broad SMARTS) is 1. The average Bonchev–Trinajstić information content (AvgIpc) is 3.30. The molecule has 0 spiro atoms. The number of hydrogen-bond acceptors (Lipinski definition) is 4. The van der Waals surface area contributed by atoms with Crippen LogP contribution in [0, 0.1) is 28.5 Å². The summed E-state index contributed by atoms with van der Waals surface area (Å²) in [5.41, 5.74) is 3.72. The number of hydrogen-bond donors (Lipinski definition) is 2. The summed E-state index contributed by atoms with van der Waals surface area (Å²) >= 11 is 6.22. The normalized spacial score (nSPS) is 29.6. The number of nitrogens with zero attached hydrogens (tertiary/aromatic N) is 3. The van der Waals surface area contributed by atoms with Crippen LogP contribution in [0.25, 0.3) is 0 Å². The van der Waals surface area contributed by atoms with Crippen molar-refractivity contribution in [3.05, 3.63) is 52.1 Å². The second-order valence-corrected chi connectivity index (χ2v) is 13.2. The molecule has 1 amide bonds. The van der Waals surface area contributed by atoms with Crippen LogP contribution in [-0.4, -0.2) is 44.3 Å². The fourth-order valence-corrected chi connectivity index (χ4v) is 7.53. The fraction of sp³-hybridized carbons (Fsp3) is 0.621. The Hall–Kier alpha value is -2.66. The van der Waals surface area contributed by atoms with Crippen molar-refractivity contribution < 1.29 is 32.3 Å². The van der Waals surface area contributed by atoms with Gasteiger partial charge >= 0.3 is 12.1 Å². The summed E-state index contributed by atoms with van der Waals surface area (Å²) in [5, 5.41) is 13.6. The number of carbonyl (C=O) groups excluding carboxylic acids is 1. The molecule has 12 heteroatoms. The van der Waals surface area contributed by atoms with Gasteiger partial charge in [0.1, 0.15) is 5.82 Å². The smallest absolute Gasteiger partial charge is 0.433 e. The van der Waals surface area contributed by atoms with Gasteiger partial charge in [0.05, 0.1) is 29.3 Å². The number of nitrogens with two attached hydrogens (primary N) is 1. The van der Waals surface area contributed by atoms with Crippen molar-refractivity contribution in [1.29, 1.82) is 0 Å². The molecule has 41 heavy (non-hydrogen) atoms. The molecule has 3 N–H and O–H groups in total. The number of fused-ring (bicyclic) bond motifs is 1. The van der Waals surface area contributed by atoms with E-state index in [1.807, 2.05) is 0 Å². The van der Waals surface area contributed by atoms with Crippen molar-refractivity contribution >= 4 is 23.5 Å². The molecule has 2 aromatic rings. The molecule has 0 saturated heterocycles. The highest BCUT2D eigenvalue weighted by molar-refractivity contribution is 6.31. The van der Waals surface area contributed by atoms with Crippen molar-refractivity contribution in [3.63, 3.8) is 0 Å². The highest BCUT2D eigenvalue weighted by Gasteiger charge is 2.63. The fourth-order valence-electron chi connectivity index (χ4n) is 7.23.